The maximum Gasteiger partial charge on any atom is 0.327 e. The molecule has 1 fully saturated rings. The van der Waals surface area contributed by atoms with Crippen molar-refractivity contribution in [3.8, 4) is 0 Å². The molecular formula is C13H14ClN3O3. The van der Waals surface area contributed by atoms with E-state index in [9.17, 15) is 14.4 Å². The summed E-state index contributed by atoms with van der Waals surface area (Å²) in [5.74, 6) is -2.08. The lowest BCUT2D eigenvalue weighted by atomic mass is 10.1. The van der Waals surface area contributed by atoms with E-state index in [0.29, 0.717) is 10.6 Å². The molecule has 20 heavy (non-hydrogen) atoms. The van der Waals surface area contributed by atoms with Gasteiger partial charge in [-0.05, 0) is 24.5 Å². The van der Waals surface area contributed by atoms with Crippen LogP contribution < -0.4 is 16.2 Å². The molecule has 0 spiro atoms. The fourth-order valence-electron chi connectivity index (χ4n) is 1.52. The molecule has 1 saturated carbocycles. The second-order valence-corrected chi connectivity index (χ2v) is 4.93. The Morgan fingerprint density at radius 3 is 2.45 bits per heavy atom. The van der Waals surface area contributed by atoms with Crippen molar-refractivity contribution in [3.63, 3.8) is 0 Å². The highest BCUT2D eigenvalue weighted by atomic mass is 35.5. The van der Waals surface area contributed by atoms with Gasteiger partial charge in [-0.1, -0.05) is 29.8 Å². The number of carbonyl (C=O) groups is 3. The first kappa shape index (κ1) is 14.3. The number of hydrogen-bond donors (Lipinski definition) is 3. The smallest absolute Gasteiger partial charge is 0.327 e. The first-order valence-corrected chi connectivity index (χ1v) is 6.57. The van der Waals surface area contributed by atoms with Crippen LogP contribution in [0.25, 0.3) is 0 Å². The highest BCUT2D eigenvalue weighted by molar-refractivity contribution is 6.35. The van der Waals surface area contributed by atoms with Crippen molar-refractivity contribution in [1.29, 1.82) is 0 Å². The molecule has 0 unspecified atom stereocenters. The second-order valence-electron chi connectivity index (χ2n) is 4.52. The Morgan fingerprint density at radius 2 is 1.80 bits per heavy atom. The van der Waals surface area contributed by atoms with E-state index < -0.39 is 17.7 Å². The van der Waals surface area contributed by atoms with Crippen LogP contribution in [-0.2, 0) is 20.8 Å². The fraction of sp³-hybridized carbons (Fsp3) is 0.308. The molecule has 6 nitrogen and oxygen atoms in total. The molecule has 0 saturated heterocycles. The Hall–Kier alpha value is -2.08. The number of hydrazine groups is 1. The number of hydrogen-bond acceptors (Lipinski definition) is 3. The lowest BCUT2D eigenvalue weighted by Crippen LogP contribution is -2.49. The van der Waals surface area contributed by atoms with Crippen LogP contribution >= 0.6 is 11.6 Å². The molecular weight excluding hydrogens is 282 g/mol. The van der Waals surface area contributed by atoms with E-state index in [1.54, 1.807) is 24.3 Å². The van der Waals surface area contributed by atoms with Crippen molar-refractivity contribution in [3.05, 3.63) is 34.9 Å². The lowest BCUT2D eigenvalue weighted by molar-refractivity contribution is -0.140. The molecule has 2 rings (SSSR count). The Bertz CT molecular complexity index is 543. The largest absolute Gasteiger partial charge is 0.345 e. The Labute approximate surface area is 120 Å². The molecule has 0 bridgehead atoms. The third-order valence-corrected chi connectivity index (χ3v) is 3.11. The number of carbonyl (C=O) groups excluding carboxylic acids is 3. The quantitative estimate of drug-likeness (QED) is 0.554. The highest BCUT2D eigenvalue weighted by Gasteiger charge is 2.26. The second kappa shape index (κ2) is 6.38. The summed E-state index contributed by atoms with van der Waals surface area (Å²) in [4.78, 5) is 34.3. The van der Waals surface area contributed by atoms with Crippen molar-refractivity contribution in [2.24, 2.45) is 0 Å². The van der Waals surface area contributed by atoms with Gasteiger partial charge in [-0.2, -0.15) is 0 Å². The number of amides is 3. The van der Waals surface area contributed by atoms with Gasteiger partial charge >= 0.3 is 11.8 Å². The number of benzene rings is 1. The van der Waals surface area contributed by atoms with Gasteiger partial charge in [0.1, 0.15) is 0 Å². The van der Waals surface area contributed by atoms with Gasteiger partial charge in [0.2, 0.25) is 5.91 Å². The SMILES string of the molecule is O=C(Cc1ccccc1Cl)NNC(=O)C(=O)NC1CC1. The summed E-state index contributed by atoms with van der Waals surface area (Å²) in [6.45, 7) is 0. The van der Waals surface area contributed by atoms with Crippen LogP contribution in [-0.4, -0.2) is 23.8 Å². The normalized spacial score (nSPS) is 13.4. The van der Waals surface area contributed by atoms with Gasteiger partial charge in [0.15, 0.2) is 0 Å². The van der Waals surface area contributed by atoms with Crippen LogP contribution in [0.1, 0.15) is 18.4 Å². The summed E-state index contributed by atoms with van der Waals surface area (Å²) in [5, 5.41) is 2.99. The fourth-order valence-corrected chi connectivity index (χ4v) is 1.72. The maximum absolute atomic E-state index is 11.6. The maximum atomic E-state index is 11.6. The van der Waals surface area contributed by atoms with Crippen LogP contribution in [0.4, 0.5) is 0 Å². The van der Waals surface area contributed by atoms with E-state index in [1.165, 1.54) is 0 Å². The van der Waals surface area contributed by atoms with E-state index in [2.05, 4.69) is 16.2 Å². The van der Waals surface area contributed by atoms with Gasteiger partial charge in [0.25, 0.3) is 0 Å². The van der Waals surface area contributed by atoms with Gasteiger partial charge in [0, 0.05) is 11.1 Å². The van der Waals surface area contributed by atoms with Crippen molar-refractivity contribution in [2.45, 2.75) is 25.3 Å². The van der Waals surface area contributed by atoms with Gasteiger partial charge in [-0.25, -0.2) is 0 Å². The third-order valence-electron chi connectivity index (χ3n) is 2.74. The third kappa shape index (κ3) is 4.24. The lowest BCUT2D eigenvalue weighted by Gasteiger charge is -2.08. The minimum atomic E-state index is -0.885. The van der Waals surface area contributed by atoms with Crippen molar-refractivity contribution >= 4 is 29.3 Å². The molecule has 106 valence electrons. The van der Waals surface area contributed by atoms with Crippen LogP contribution in [0.15, 0.2) is 24.3 Å². The average Bonchev–Trinajstić information content (AvgIpc) is 3.22. The molecule has 0 heterocycles. The molecule has 3 amide bonds. The summed E-state index contributed by atoms with van der Waals surface area (Å²) in [6.07, 6.45) is 1.79. The van der Waals surface area contributed by atoms with Crippen molar-refractivity contribution in [1.82, 2.24) is 16.2 Å². The van der Waals surface area contributed by atoms with Crippen LogP contribution in [0.2, 0.25) is 5.02 Å². The van der Waals surface area contributed by atoms with Gasteiger partial charge < -0.3 is 5.32 Å². The molecule has 3 N–H and O–H groups in total. The zero-order valence-electron chi connectivity index (χ0n) is 10.6. The summed E-state index contributed by atoms with van der Waals surface area (Å²) in [5.41, 5.74) is 4.88. The topological polar surface area (TPSA) is 87.3 Å². The Morgan fingerprint density at radius 1 is 1.10 bits per heavy atom. The van der Waals surface area contributed by atoms with Crippen LogP contribution in [0, 0.1) is 0 Å². The molecule has 1 aromatic carbocycles. The van der Waals surface area contributed by atoms with Crippen molar-refractivity contribution < 1.29 is 14.4 Å². The molecule has 7 heteroatoms. The van der Waals surface area contributed by atoms with E-state index in [4.69, 9.17) is 11.6 Å². The summed E-state index contributed by atoms with van der Waals surface area (Å²) in [7, 11) is 0. The first-order valence-electron chi connectivity index (χ1n) is 6.19. The minimum absolute atomic E-state index is 0.0181. The summed E-state index contributed by atoms with van der Waals surface area (Å²) in [6, 6.07) is 6.99. The van der Waals surface area contributed by atoms with Gasteiger partial charge in [-0.3, -0.25) is 25.2 Å². The zero-order valence-corrected chi connectivity index (χ0v) is 11.4. The Kier molecular flexibility index (Phi) is 4.57. The molecule has 1 aromatic rings. The monoisotopic (exact) mass is 295 g/mol. The molecule has 1 aliphatic carbocycles. The van der Waals surface area contributed by atoms with Crippen LogP contribution in [0.5, 0.6) is 0 Å². The summed E-state index contributed by atoms with van der Waals surface area (Å²) >= 11 is 5.91. The standard InChI is InChI=1S/C13H14ClN3O3/c14-10-4-2-1-3-8(10)7-11(18)16-17-13(20)12(19)15-9-5-6-9/h1-4,9H,5-7H2,(H,15,19)(H,16,18)(H,17,20). The van der Waals surface area contributed by atoms with Crippen molar-refractivity contribution in [2.75, 3.05) is 0 Å². The van der Waals surface area contributed by atoms with E-state index in [-0.39, 0.29) is 12.5 Å². The first-order chi connectivity index (χ1) is 9.56. The van der Waals surface area contributed by atoms with Gasteiger partial charge in [-0.15, -0.1) is 0 Å². The van der Waals surface area contributed by atoms with Crippen LogP contribution in [0.3, 0.4) is 0 Å². The van der Waals surface area contributed by atoms with E-state index in [1.807, 2.05) is 0 Å². The number of halogens is 1. The average molecular weight is 296 g/mol. The van der Waals surface area contributed by atoms with E-state index in [0.717, 1.165) is 12.8 Å². The zero-order chi connectivity index (χ0) is 14.5. The Balaban J connectivity index is 1.75. The van der Waals surface area contributed by atoms with Gasteiger partial charge in [0.05, 0.1) is 6.42 Å². The molecule has 0 aliphatic heterocycles. The number of rotatable bonds is 3. The predicted octanol–water partition coefficient (Wildman–Crippen LogP) is 0.308. The highest BCUT2D eigenvalue weighted by Crippen LogP contribution is 2.18. The molecule has 0 radical (unpaired) electrons. The molecule has 1 aliphatic rings. The van der Waals surface area contributed by atoms with E-state index >= 15 is 0 Å². The molecule has 0 aromatic heterocycles. The summed E-state index contributed by atoms with van der Waals surface area (Å²) < 4.78 is 0. The molecule has 0 atom stereocenters. The number of nitrogens with one attached hydrogen (secondary N) is 3. The predicted molar refractivity (Wildman–Crippen MR) is 72.6 cm³/mol. The minimum Gasteiger partial charge on any atom is -0.345 e.